The molecule has 0 aliphatic carbocycles. The minimum absolute atomic E-state index is 0.0521. The zero-order chi connectivity index (χ0) is 18.1. The Kier molecular flexibility index (Phi) is 5.17. The molecule has 7 nitrogen and oxygen atoms in total. The van der Waals surface area contributed by atoms with Crippen molar-refractivity contribution in [3.8, 4) is 0 Å². The van der Waals surface area contributed by atoms with Gasteiger partial charge in [0, 0.05) is 25.2 Å². The van der Waals surface area contributed by atoms with Crippen LogP contribution in [0.15, 0.2) is 29.2 Å². The second kappa shape index (κ2) is 7.05. The lowest BCUT2D eigenvalue weighted by molar-refractivity contribution is 0.0948. The van der Waals surface area contributed by atoms with E-state index in [0.717, 1.165) is 12.8 Å². The normalized spacial score (nSPS) is 23.6. The molecule has 2 heterocycles. The van der Waals surface area contributed by atoms with Gasteiger partial charge in [0.2, 0.25) is 10.0 Å². The Morgan fingerprint density at radius 1 is 1.16 bits per heavy atom. The van der Waals surface area contributed by atoms with Crippen LogP contribution in [0.2, 0.25) is 0 Å². The van der Waals surface area contributed by atoms with Crippen LogP contribution in [0.25, 0.3) is 0 Å². The van der Waals surface area contributed by atoms with Crippen LogP contribution >= 0.6 is 0 Å². The molecule has 2 fully saturated rings. The molecule has 0 aromatic heterocycles. The fourth-order valence-corrected chi connectivity index (χ4v) is 6.61. The van der Waals surface area contributed by atoms with E-state index in [-0.39, 0.29) is 28.2 Å². The van der Waals surface area contributed by atoms with Crippen molar-refractivity contribution in [1.29, 1.82) is 0 Å². The molecule has 1 atom stereocenters. The maximum absolute atomic E-state index is 12.4. The first-order valence-electron chi connectivity index (χ1n) is 8.37. The standard InChI is InChI=1S/C16H22N2O5S2/c19-16(17-11-13-7-10-24(20,21)12-13)14-3-5-15(6-4-14)25(22,23)18-8-1-2-9-18/h3-6,13H,1-2,7-12H2,(H,17,19). The number of benzene rings is 1. The molecule has 0 bridgehead atoms. The van der Waals surface area contributed by atoms with E-state index in [1.807, 2.05) is 0 Å². The first kappa shape index (κ1) is 18.3. The minimum Gasteiger partial charge on any atom is -0.352 e. The quantitative estimate of drug-likeness (QED) is 0.800. The van der Waals surface area contributed by atoms with E-state index in [0.29, 0.717) is 31.6 Å². The van der Waals surface area contributed by atoms with Crippen LogP contribution in [0.4, 0.5) is 0 Å². The van der Waals surface area contributed by atoms with Crippen molar-refractivity contribution >= 4 is 25.8 Å². The Labute approximate surface area is 148 Å². The maximum atomic E-state index is 12.4. The van der Waals surface area contributed by atoms with Gasteiger partial charge in [-0.2, -0.15) is 4.31 Å². The molecule has 3 rings (SSSR count). The van der Waals surface area contributed by atoms with Gasteiger partial charge >= 0.3 is 0 Å². The number of sulfone groups is 1. The van der Waals surface area contributed by atoms with E-state index in [4.69, 9.17) is 0 Å². The van der Waals surface area contributed by atoms with Gasteiger partial charge in [-0.3, -0.25) is 4.79 Å². The summed E-state index contributed by atoms with van der Waals surface area (Å²) in [7, 11) is -6.45. The van der Waals surface area contributed by atoms with Gasteiger partial charge in [-0.15, -0.1) is 0 Å². The molecular weight excluding hydrogens is 364 g/mol. The summed E-state index contributed by atoms with van der Waals surface area (Å²) in [5.74, 6) is -0.0881. The molecular formula is C16H22N2O5S2. The molecule has 138 valence electrons. The Morgan fingerprint density at radius 2 is 1.80 bits per heavy atom. The second-order valence-corrected chi connectivity index (χ2v) is 10.8. The lowest BCUT2D eigenvalue weighted by Crippen LogP contribution is -2.30. The van der Waals surface area contributed by atoms with E-state index in [1.165, 1.54) is 28.6 Å². The predicted molar refractivity (Wildman–Crippen MR) is 93.5 cm³/mol. The summed E-state index contributed by atoms with van der Waals surface area (Å²) in [5.41, 5.74) is 0.362. The van der Waals surface area contributed by atoms with Crippen LogP contribution in [0.5, 0.6) is 0 Å². The predicted octanol–water partition coefficient (Wildman–Crippen LogP) is 0.636. The fraction of sp³-hybridized carbons (Fsp3) is 0.562. The molecule has 2 aliphatic rings. The molecule has 9 heteroatoms. The average Bonchev–Trinajstić information content (AvgIpc) is 3.22. The van der Waals surface area contributed by atoms with E-state index in [2.05, 4.69) is 5.32 Å². The second-order valence-electron chi connectivity index (χ2n) is 6.61. The fourth-order valence-electron chi connectivity index (χ4n) is 3.23. The minimum atomic E-state index is -3.48. The van der Waals surface area contributed by atoms with Crippen molar-refractivity contribution in [2.75, 3.05) is 31.1 Å². The maximum Gasteiger partial charge on any atom is 0.251 e. The van der Waals surface area contributed by atoms with Gasteiger partial charge in [-0.1, -0.05) is 0 Å². The highest BCUT2D eigenvalue weighted by atomic mass is 32.2. The zero-order valence-electron chi connectivity index (χ0n) is 13.8. The van der Waals surface area contributed by atoms with Crippen LogP contribution in [0, 0.1) is 5.92 Å². The highest BCUT2D eigenvalue weighted by Gasteiger charge is 2.29. The SMILES string of the molecule is O=C(NCC1CCS(=O)(=O)C1)c1ccc(S(=O)(=O)N2CCCC2)cc1. The van der Waals surface area contributed by atoms with Crippen LogP contribution < -0.4 is 5.32 Å². The van der Waals surface area contributed by atoms with Crippen molar-refractivity contribution in [2.24, 2.45) is 5.92 Å². The molecule has 25 heavy (non-hydrogen) atoms. The van der Waals surface area contributed by atoms with Crippen molar-refractivity contribution in [2.45, 2.75) is 24.2 Å². The van der Waals surface area contributed by atoms with Gasteiger partial charge in [0.15, 0.2) is 9.84 Å². The lowest BCUT2D eigenvalue weighted by atomic mass is 10.1. The van der Waals surface area contributed by atoms with Crippen molar-refractivity contribution < 1.29 is 21.6 Å². The summed E-state index contributed by atoms with van der Waals surface area (Å²) in [5, 5.41) is 2.73. The summed E-state index contributed by atoms with van der Waals surface area (Å²) >= 11 is 0. The Morgan fingerprint density at radius 3 is 2.36 bits per heavy atom. The summed E-state index contributed by atoms with van der Waals surface area (Å²) in [6, 6.07) is 5.87. The monoisotopic (exact) mass is 386 g/mol. The number of nitrogens with one attached hydrogen (secondary N) is 1. The molecule has 2 aliphatic heterocycles. The Bertz CT molecular complexity index is 841. The molecule has 1 N–H and O–H groups in total. The molecule has 1 amide bonds. The third-order valence-electron chi connectivity index (χ3n) is 4.70. The molecule has 0 spiro atoms. The highest BCUT2D eigenvalue weighted by molar-refractivity contribution is 7.91. The van der Waals surface area contributed by atoms with Crippen LogP contribution in [-0.4, -0.2) is 58.2 Å². The van der Waals surface area contributed by atoms with E-state index < -0.39 is 19.9 Å². The number of sulfonamides is 1. The lowest BCUT2D eigenvalue weighted by Gasteiger charge is -2.15. The summed E-state index contributed by atoms with van der Waals surface area (Å²) in [4.78, 5) is 12.3. The van der Waals surface area contributed by atoms with Gasteiger partial charge in [-0.25, -0.2) is 16.8 Å². The summed E-state index contributed by atoms with van der Waals surface area (Å²) in [6.45, 7) is 1.38. The van der Waals surface area contributed by atoms with Gasteiger partial charge in [0.25, 0.3) is 5.91 Å². The first-order valence-corrected chi connectivity index (χ1v) is 11.6. The van der Waals surface area contributed by atoms with Crippen LogP contribution in [0.1, 0.15) is 29.6 Å². The number of carbonyl (C=O) groups is 1. The average molecular weight is 386 g/mol. The van der Waals surface area contributed by atoms with E-state index >= 15 is 0 Å². The topological polar surface area (TPSA) is 101 Å². The zero-order valence-corrected chi connectivity index (χ0v) is 15.5. The van der Waals surface area contributed by atoms with E-state index in [1.54, 1.807) is 0 Å². The number of nitrogens with zero attached hydrogens (tertiary/aromatic N) is 1. The summed E-state index contributed by atoms with van der Waals surface area (Å²) < 4.78 is 49.2. The number of hydrogen-bond acceptors (Lipinski definition) is 5. The van der Waals surface area contributed by atoms with Crippen LogP contribution in [0.3, 0.4) is 0 Å². The number of amides is 1. The van der Waals surface area contributed by atoms with E-state index in [9.17, 15) is 21.6 Å². The number of rotatable bonds is 5. The Balaban J connectivity index is 1.61. The molecule has 1 aromatic rings. The van der Waals surface area contributed by atoms with Crippen molar-refractivity contribution in [3.63, 3.8) is 0 Å². The first-order chi connectivity index (χ1) is 11.8. The summed E-state index contributed by atoms with van der Waals surface area (Å²) in [6.07, 6.45) is 2.31. The molecule has 1 aromatic carbocycles. The molecule has 0 saturated carbocycles. The van der Waals surface area contributed by atoms with Gasteiger partial charge in [-0.05, 0) is 49.4 Å². The third-order valence-corrected chi connectivity index (χ3v) is 8.45. The third kappa shape index (κ3) is 4.21. The smallest absolute Gasteiger partial charge is 0.251 e. The molecule has 2 saturated heterocycles. The molecule has 0 radical (unpaired) electrons. The molecule has 1 unspecified atom stereocenters. The van der Waals surface area contributed by atoms with Crippen LogP contribution in [-0.2, 0) is 19.9 Å². The van der Waals surface area contributed by atoms with Gasteiger partial charge in [0.05, 0.1) is 16.4 Å². The van der Waals surface area contributed by atoms with Gasteiger partial charge < -0.3 is 5.32 Å². The van der Waals surface area contributed by atoms with Gasteiger partial charge in [0.1, 0.15) is 0 Å². The van der Waals surface area contributed by atoms with Crippen molar-refractivity contribution in [1.82, 2.24) is 9.62 Å². The highest BCUT2D eigenvalue weighted by Crippen LogP contribution is 2.21. The largest absolute Gasteiger partial charge is 0.352 e. The number of carbonyl (C=O) groups excluding carboxylic acids is 1. The van der Waals surface area contributed by atoms with Crippen molar-refractivity contribution in [3.05, 3.63) is 29.8 Å². The number of hydrogen-bond donors (Lipinski definition) is 1. The Hall–Kier alpha value is -1.45.